The fraction of sp³-hybridized carbons (Fsp3) is 0.500. The van der Waals surface area contributed by atoms with Gasteiger partial charge in [0.05, 0.1) is 31.6 Å². The molecule has 2 fully saturated rings. The Bertz CT molecular complexity index is 673. The van der Waals surface area contributed by atoms with Gasteiger partial charge >= 0.3 is 5.97 Å². The third kappa shape index (κ3) is 3.82. The van der Waals surface area contributed by atoms with E-state index in [2.05, 4.69) is 0 Å². The van der Waals surface area contributed by atoms with Crippen LogP contribution in [-0.2, 0) is 19.1 Å². The predicted molar refractivity (Wildman–Crippen MR) is 90.2 cm³/mol. The number of aryl methyl sites for hydroxylation is 1. The van der Waals surface area contributed by atoms with Crippen molar-refractivity contribution < 1.29 is 24.2 Å². The first-order chi connectivity index (χ1) is 12.0. The Morgan fingerprint density at radius 3 is 2.68 bits per heavy atom. The molecule has 2 aliphatic rings. The topological polar surface area (TPSA) is 87.2 Å². The van der Waals surface area contributed by atoms with E-state index >= 15 is 0 Å². The van der Waals surface area contributed by atoms with E-state index in [1.165, 1.54) is 0 Å². The fourth-order valence-electron chi connectivity index (χ4n) is 3.40. The second kappa shape index (κ2) is 7.23. The molecule has 1 aromatic carbocycles. The van der Waals surface area contributed by atoms with Crippen molar-refractivity contribution >= 4 is 23.5 Å². The summed E-state index contributed by atoms with van der Waals surface area (Å²) in [6, 6.07) is 7.15. The number of nitrogens with zero attached hydrogens (tertiary/aromatic N) is 2. The lowest BCUT2D eigenvalue weighted by Gasteiger charge is -2.36. The van der Waals surface area contributed by atoms with Crippen LogP contribution in [0.2, 0.25) is 0 Å². The maximum absolute atomic E-state index is 12.9. The molecule has 134 valence electrons. The number of carbonyl (C=O) groups is 3. The molecule has 2 aliphatic heterocycles. The zero-order valence-corrected chi connectivity index (χ0v) is 14.2. The van der Waals surface area contributed by atoms with E-state index in [1.54, 1.807) is 9.80 Å². The third-order valence-corrected chi connectivity index (χ3v) is 4.74. The number of carboxylic acid groups (broad SMARTS) is 1. The quantitative estimate of drug-likeness (QED) is 0.880. The number of carboxylic acids is 1. The molecule has 2 heterocycles. The molecule has 2 unspecified atom stereocenters. The number of aliphatic carboxylic acids is 1. The van der Waals surface area contributed by atoms with Gasteiger partial charge in [-0.15, -0.1) is 0 Å². The van der Waals surface area contributed by atoms with Crippen LogP contribution in [0, 0.1) is 12.8 Å². The maximum atomic E-state index is 12.9. The minimum Gasteiger partial charge on any atom is -0.481 e. The number of benzene rings is 1. The lowest BCUT2D eigenvalue weighted by atomic mass is 10.0. The maximum Gasteiger partial charge on any atom is 0.305 e. The van der Waals surface area contributed by atoms with E-state index < -0.39 is 17.9 Å². The highest BCUT2D eigenvalue weighted by Crippen LogP contribution is 2.28. The van der Waals surface area contributed by atoms with Gasteiger partial charge in [-0.1, -0.05) is 17.7 Å². The molecule has 0 spiro atoms. The minimum atomic E-state index is -0.961. The molecule has 0 aromatic heterocycles. The van der Waals surface area contributed by atoms with Gasteiger partial charge in [-0.05, 0) is 19.1 Å². The number of rotatable bonds is 4. The summed E-state index contributed by atoms with van der Waals surface area (Å²) in [5.41, 5.74) is 1.89. The Hall–Kier alpha value is -2.41. The molecular weight excluding hydrogens is 324 g/mol. The summed E-state index contributed by atoms with van der Waals surface area (Å²) >= 11 is 0. The van der Waals surface area contributed by atoms with Crippen LogP contribution in [0.1, 0.15) is 18.4 Å². The number of hydrogen-bond donors (Lipinski definition) is 1. The molecule has 25 heavy (non-hydrogen) atoms. The van der Waals surface area contributed by atoms with Crippen molar-refractivity contribution in [3.63, 3.8) is 0 Å². The highest BCUT2D eigenvalue weighted by molar-refractivity contribution is 6.00. The van der Waals surface area contributed by atoms with E-state index in [1.807, 2.05) is 31.2 Å². The first-order valence-electron chi connectivity index (χ1n) is 8.42. The number of morpholine rings is 1. The molecule has 0 saturated carbocycles. The van der Waals surface area contributed by atoms with Gasteiger partial charge in [0.1, 0.15) is 0 Å². The molecule has 3 rings (SSSR count). The molecule has 7 nitrogen and oxygen atoms in total. The molecule has 2 atom stereocenters. The van der Waals surface area contributed by atoms with Crippen LogP contribution >= 0.6 is 0 Å². The average molecular weight is 346 g/mol. The van der Waals surface area contributed by atoms with Crippen LogP contribution in [0.5, 0.6) is 0 Å². The van der Waals surface area contributed by atoms with Gasteiger partial charge < -0.3 is 19.6 Å². The van der Waals surface area contributed by atoms with Crippen LogP contribution in [0.3, 0.4) is 0 Å². The van der Waals surface area contributed by atoms with Crippen LogP contribution in [0.25, 0.3) is 0 Å². The van der Waals surface area contributed by atoms with E-state index in [9.17, 15) is 14.4 Å². The van der Waals surface area contributed by atoms with Gasteiger partial charge in [0.2, 0.25) is 11.8 Å². The highest BCUT2D eigenvalue weighted by atomic mass is 16.5. The summed E-state index contributed by atoms with van der Waals surface area (Å²) in [4.78, 5) is 39.4. The Balaban J connectivity index is 1.71. The summed E-state index contributed by atoms with van der Waals surface area (Å²) in [5.74, 6) is -1.64. The Kier molecular flexibility index (Phi) is 5.03. The Morgan fingerprint density at radius 2 is 2.00 bits per heavy atom. The molecule has 0 aliphatic carbocycles. The SMILES string of the molecule is Cc1ccc(N2CC(C(=O)N3CCOCC3CC(=O)O)CC2=O)cc1. The number of ether oxygens (including phenoxy) is 1. The lowest BCUT2D eigenvalue weighted by molar-refractivity contribution is -0.149. The molecule has 1 N–H and O–H groups in total. The van der Waals surface area contributed by atoms with Crippen molar-refractivity contribution in [3.05, 3.63) is 29.8 Å². The molecule has 0 bridgehead atoms. The molecule has 0 radical (unpaired) electrons. The number of anilines is 1. The van der Waals surface area contributed by atoms with Crippen LogP contribution in [-0.4, -0.2) is 60.1 Å². The van der Waals surface area contributed by atoms with Crippen molar-refractivity contribution in [1.29, 1.82) is 0 Å². The van der Waals surface area contributed by atoms with Crippen LogP contribution < -0.4 is 4.90 Å². The van der Waals surface area contributed by atoms with Gasteiger partial charge in [0.25, 0.3) is 0 Å². The summed E-state index contributed by atoms with van der Waals surface area (Å²) in [5, 5.41) is 9.03. The summed E-state index contributed by atoms with van der Waals surface area (Å²) in [7, 11) is 0. The molecule has 2 amide bonds. The lowest BCUT2D eigenvalue weighted by Crippen LogP contribution is -2.51. The smallest absolute Gasteiger partial charge is 0.305 e. The molecular formula is C18H22N2O5. The van der Waals surface area contributed by atoms with Gasteiger partial charge in [-0.25, -0.2) is 0 Å². The molecule has 2 saturated heterocycles. The first kappa shape index (κ1) is 17.4. The number of carbonyl (C=O) groups excluding carboxylic acids is 2. The van der Waals surface area contributed by atoms with E-state index in [0.717, 1.165) is 11.3 Å². The Labute approximate surface area is 146 Å². The first-order valence-corrected chi connectivity index (χ1v) is 8.42. The minimum absolute atomic E-state index is 0.0785. The Morgan fingerprint density at radius 1 is 1.28 bits per heavy atom. The predicted octanol–water partition coefficient (Wildman–Crippen LogP) is 1.05. The highest BCUT2D eigenvalue weighted by Gasteiger charge is 2.40. The molecule has 1 aromatic rings. The fourth-order valence-corrected chi connectivity index (χ4v) is 3.40. The van der Waals surface area contributed by atoms with Gasteiger partial charge in [-0.2, -0.15) is 0 Å². The zero-order valence-electron chi connectivity index (χ0n) is 14.2. The summed E-state index contributed by atoms with van der Waals surface area (Å²) in [6.45, 7) is 3.29. The summed E-state index contributed by atoms with van der Waals surface area (Å²) < 4.78 is 5.31. The van der Waals surface area contributed by atoms with Crippen LogP contribution in [0.4, 0.5) is 5.69 Å². The second-order valence-corrected chi connectivity index (χ2v) is 6.60. The third-order valence-electron chi connectivity index (χ3n) is 4.74. The van der Waals surface area contributed by atoms with Crippen molar-refractivity contribution in [2.75, 3.05) is 31.2 Å². The van der Waals surface area contributed by atoms with Gasteiger partial charge in [0, 0.05) is 25.2 Å². The van der Waals surface area contributed by atoms with Crippen molar-refractivity contribution in [2.24, 2.45) is 5.92 Å². The average Bonchev–Trinajstić information content (AvgIpc) is 2.97. The van der Waals surface area contributed by atoms with Crippen molar-refractivity contribution in [1.82, 2.24) is 4.90 Å². The van der Waals surface area contributed by atoms with E-state index in [0.29, 0.717) is 19.7 Å². The standard InChI is InChI=1S/C18H22N2O5/c1-12-2-4-14(5-3-12)20-10-13(8-16(20)21)18(24)19-6-7-25-11-15(19)9-17(22)23/h2-5,13,15H,6-11H2,1H3,(H,22,23). The number of amides is 2. The summed E-state index contributed by atoms with van der Waals surface area (Å²) in [6.07, 6.45) is 0.0118. The van der Waals surface area contributed by atoms with Crippen molar-refractivity contribution in [3.8, 4) is 0 Å². The number of hydrogen-bond acceptors (Lipinski definition) is 4. The van der Waals surface area contributed by atoms with Gasteiger partial charge in [0.15, 0.2) is 0 Å². The monoisotopic (exact) mass is 346 g/mol. The van der Waals surface area contributed by atoms with Crippen LogP contribution in [0.15, 0.2) is 24.3 Å². The molecule has 7 heteroatoms. The van der Waals surface area contributed by atoms with E-state index in [4.69, 9.17) is 9.84 Å². The second-order valence-electron chi connectivity index (χ2n) is 6.60. The zero-order chi connectivity index (χ0) is 18.0. The van der Waals surface area contributed by atoms with Gasteiger partial charge in [-0.3, -0.25) is 14.4 Å². The van der Waals surface area contributed by atoms with Crippen molar-refractivity contribution in [2.45, 2.75) is 25.8 Å². The van der Waals surface area contributed by atoms with E-state index in [-0.39, 0.29) is 31.3 Å². The largest absolute Gasteiger partial charge is 0.481 e. The normalized spacial score (nSPS) is 23.8.